The van der Waals surface area contributed by atoms with Gasteiger partial charge < -0.3 is 19.0 Å². The molecule has 144 valence electrons. The molecule has 7 heteroatoms. The molecule has 2 aromatic heterocycles. The number of fused-ring (bicyclic) bond motifs is 1. The molecule has 0 atom stereocenters. The molecule has 2 rings (SSSR count). The molecule has 0 radical (unpaired) electrons. The number of hydrogen-bond donors (Lipinski definition) is 0. The third-order valence-corrected chi connectivity index (χ3v) is 4.52. The van der Waals surface area contributed by atoms with E-state index in [2.05, 4.69) is 33.6 Å². The lowest BCUT2D eigenvalue weighted by molar-refractivity contribution is 0.0526. The first kappa shape index (κ1) is 20.2. The second kappa shape index (κ2) is 8.98. The first-order chi connectivity index (χ1) is 12.4. The molecule has 2 heterocycles. The normalized spacial score (nSPS) is 11.3. The maximum Gasteiger partial charge on any atom is 0.342 e. The molecule has 2 aromatic rings. The van der Waals surface area contributed by atoms with Gasteiger partial charge in [0.25, 0.3) is 0 Å². The Hall–Kier alpha value is -2.15. The summed E-state index contributed by atoms with van der Waals surface area (Å²) in [6, 6.07) is 0. The van der Waals surface area contributed by atoms with Crippen molar-refractivity contribution in [1.82, 2.24) is 14.9 Å². The molecule has 0 amide bonds. The fourth-order valence-electron chi connectivity index (χ4n) is 3.10. The fourth-order valence-corrected chi connectivity index (χ4v) is 3.10. The van der Waals surface area contributed by atoms with Crippen LogP contribution in [0.4, 0.5) is 5.82 Å². The number of aryl methyl sites for hydroxylation is 2. The Morgan fingerprint density at radius 1 is 1.12 bits per heavy atom. The molecule has 0 fully saturated rings. The summed E-state index contributed by atoms with van der Waals surface area (Å²) in [5.41, 5.74) is 0.857. The van der Waals surface area contributed by atoms with Gasteiger partial charge in [0.2, 0.25) is 5.71 Å². The Balaban J connectivity index is 2.34. The van der Waals surface area contributed by atoms with Crippen LogP contribution in [0.5, 0.6) is 0 Å². The zero-order valence-electron chi connectivity index (χ0n) is 16.8. The largest absolute Gasteiger partial charge is 0.462 e. The van der Waals surface area contributed by atoms with Crippen molar-refractivity contribution < 1.29 is 13.9 Å². The molecule has 7 nitrogen and oxygen atoms in total. The van der Waals surface area contributed by atoms with E-state index in [1.165, 1.54) is 0 Å². The van der Waals surface area contributed by atoms with Gasteiger partial charge in [-0.15, -0.1) is 0 Å². The Bertz CT molecular complexity index is 753. The van der Waals surface area contributed by atoms with E-state index in [0.717, 1.165) is 32.6 Å². The van der Waals surface area contributed by atoms with Crippen molar-refractivity contribution in [2.24, 2.45) is 0 Å². The number of furan rings is 1. The Kier molecular flexibility index (Phi) is 6.97. The maximum atomic E-state index is 12.4. The number of ether oxygens (including phenoxy) is 1. The predicted octanol–water partition coefficient (Wildman–Crippen LogP) is 3.18. The molecule has 0 saturated carbocycles. The average Bonchev–Trinajstić information content (AvgIpc) is 2.93. The van der Waals surface area contributed by atoms with Gasteiger partial charge in [0.1, 0.15) is 23.0 Å². The molecule has 0 N–H and O–H groups in total. The van der Waals surface area contributed by atoms with Crippen LogP contribution in [0, 0.1) is 13.8 Å². The minimum Gasteiger partial charge on any atom is -0.462 e. The minimum absolute atomic E-state index is 0.312. The van der Waals surface area contributed by atoms with E-state index >= 15 is 0 Å². The van der Waals surface area contributed by atoms with Crippen molar-refractivity contribution in [1.29, 1.82) is 0 Å². The highest BCUT2D eigenvalue weighted by atomic mass is 16.5. The topological polar surface area (TPSA) is 71.7 Å². The molecule has 0 aliphatic heterocycles. The van der Waals surface area contributed by atoms with Gasteiger partial charge >= 0.3 is 5.97 Å². The molecule has 0 unspecified atom stereocenters. The van der Waals surface area contributed by atoms with Crippen molar-refractivity contribution in [2.45, 2.75) is 41.0 Å². The molecule has 0 aliphatic rings. The van der Waals surface area contributed by atoms with Gasteiger partial charge in [-0.05, 0) is 46.8 Å². The van der Waals surface area contributed by atoms with Gasteiger partial charge in [-0.2, -0.15) is 4.98 Å². The van der Waals surface area contributed by atoms with Crippen LogP contribution in [0.15, 0.2) is 4.42 Å². The van der Waals surface area contributed by atoms with E-state index in [9.17, 15) is 4.79 Å². The van der Waals surface area contributed by atoms with Crippen molar-refractivity contribution in [2.75, 3.05) is 44.7 Å². The highest BCUT2D eigenvalue weighted by Crippen LogP contribution is 2.32. The molecule has 0 aliphatic carbocycles. The second-order valence-electron chi connectivity index (χ2n) is 6.33. The van der Waals surface area contributed by atoms with Gasteiger partial charge in [-0.25, -0.2) is 9.78 Å². The summed E-state index contributed by atoms with van der Waals surface area (Å²) in [6.07, 6.45) is 1.01. The smallest absolute Gasteiger partial charge is 0.342 e. The summed E-state index contributed by atoms with van der Waals surface area (Å²) in [6.45, 7) is 14.0. The first-order valence-electron chi connectivity index (χ1n) is 9.31. The van der Waals surface area contributed by atoms with Crippen molar-refractivity contribution in [3.8, 4) is 0 Å². The van der Waals surface area contributed by atoms with E-state index in [1.807, 2.05) is 14.0 Å². The van der Waals surface area contributed by atoms with Crippen molar-refractivity contribution in [3.05, 3.63) is 17.1 Å². The fraction of sp³-hybridized carbons (Fsp3) is 0.632. The molecule has 0 spiro atoms. The molecule has 0 aromatic carbocycles. The number of hydrogen-bond acceptors (Lipinski definition) is 7. The second-order valence-corrected chi connectivity index (χ2v) is 6.33. The molecule has 0 saturated heterocycles. The highest BCUT2D eigenvalue weighted by Gasteiger charge is 2.25. The number of esters is 1. The zero-order chi connectivity index (χ0) is 19.3. The number of carbonyl (C=O) groups is 1. The SMILES string of the molecule is CCOC(=O)c1c(C)oc2nc(C)nc(N(C)CCCN(CC)CC)c12. The third kappa shape index (κ3) is 4.33. The van der Waals surface area contributed by atoms with Gasteiger partial charge in [0.15, 0.2) is 0 Å². The van der Waals surface area contributed by atoms with Crippen LogP contribution in [0.2, 0.25) is 0 Å². The van der Waals surface area contributed by atoms with E-state index < -0.39 is 5.97 Å². The van der Waals surface area contributed by atoms with E-state index in [4.69, 9.17) is 9.15 Å². The van der Waals surface area contributed by atoms with Crippen LogP contribution in [-0.4, -0.2) is 60.7 Å². The molecule has 26 heavy (non-hydrogen) atoms. The molecule has 0 bridgehead atoms. The van der Waals surface area contributed by atoms with Gasteiger partial charge in [0.05, 0.1) is 12.0 Å². The average molecular weight is 362 g/mol. The number of aromatic nitrogens is 2. The van der Waals surface area contributed by atoms with Crippen LogP contribution >= 0.6 is 0 Å². The van der Waals surface area contributed by atoms with Crippen molar-refractivity contribution >= 4 is 22.9 Å². The number of carbonyl (C=O) groups excluding carboxylic acids is 1. The summed E-state index contributed by atoms with van der Waals surface area (Å²) < 4.78 is 10.9. The summed E-state index contributed by atoms with van der Waals surface area (Å²) >= 11 is 0. The highest BCUT2D eigenvalue weighted by molar-refractivity contribution is 6.07. The summed E-state index contributed by atoms with van der Waals surface area (Å²) in [7, 11) is 1.99. The van der Waals surface area contributed by atoms with Crippen molar-refractivity contribution in [3.63, 3.8) is 0 Å². The van der Waals surface area contributed by atoms with Crippen LogP contribution in [0.25, 0.3) is 11.1 Å². The molecular weight excluding hydrogens is 332 g/mol. The van der Waals surface area contributed by atoms with Crippen LogP contribution in [-0.2, 0) is 4.74 Å². The van der Waals surface area contributed by atoms with E-state index in [-0.39, 0.29) is 0 Å². The number of rotatable bonds is 9. The number of anilines is 1. The Labute approximate surface area is 155 Å². The minimum atomic E-state index is -0.394. The lowest BCUT2D eigenvalue weighted by Crippen LogP contribution is -2.28. The maximum absolute atomic E-state index is 12.4. The third-order valence-electron chi connectivity index (χ3n) is 4.52. The lowest BCUT2D eigenvalue weighted by Gasteiger charge is -2.22. The molecular formula is C19H30N4O3. The van der Waals surface area contributed by atoms with E-state index in [1.54, 1.807) is 13.8 Å². The zero-order valence-corrected chi connectivity index (χ0v) is 16.8. The van der Waals surface area contributed by atoms with Crippen LogP contribution in [0.1, 0.15) is 49.1 Å². The number of nitrogens with zero attached hydrogens (tertiary/aromatic N) is 4. The lowest BCUT2D eigenvalue weighted by atomic mass is 10.1. The standard InChI is InChI=1S/C19H30N4O3/c1-7-23(8-2)12-10-11-22(6)17-16-15(19(24)25-9-3)13(4)26-18(16)21-14(5)20-17/h7-12H2,1-6H3. The Morgan fingerprint density at radius 3 is 2.42 bits per heavy atom. The van der Waals surface area contributed by atoms with Crippen LogP contribution < -0.4 is 4.90 Å². The first-order valence-corrected chi connectivity index (χ1v) is 9.31. The van der Waals surface area contributed by atoms with Gasteiger partial charge in [0, 0.05) is 13.6 Å². The predicted molar refractivity (Wildman–Crippen MR) is 103 cm³/mol. The Morgan fingerprint density at radius 2 is 1.81 bits per heavy atom. The quantitative estimate of drug-likeness (QED) is 0.634. The van der Waals surface area contributed by atoms with E-state index in [0.29, 0.717) is 40.7 Å². The summed E-state index contributed by atoms with van der Waals surface area (Å²) in [4.78, 5) is 25.8. The summed E-state index contributed by atoms with van der Waals surface area (Å²) in [5.74, 6) is 1.45. The summed E-state index contributed by atoms with van der Waals surface area (Å²) in [5, 5.41) is 0.636. The van der Waals surface area contributed by atoms with Gasteiger partial charge in [-0.3, -0.25) is 0 Å². The monoisotopic (exact) mass is 362 g/mol. The van der Waals surface area contributed by atoms with Gasteiger partial charge in [-0.1, -0.05) is 13.8 Å². The van der Waals surface area contributed by atoms with Crippen LogP contribution in [0.3, 0.4) is 0 Å².